The number of halogens is 1. The summed E-state index contributed by atoms with van der Waals surface area (Å²) in [5.41, 5.74) is 1.52. The molecule has 0 spiro atoms. The minimum Gasteiger partial charge on any atom is -0.494 e. The minimum atomic E-state index is -0.650. The Morgan fingerprint density at radius 3 is 2.62 bits per heavy atom. The Labute approximate surface area is 171 Å². The number of hydrogen-bond acceptors (Lipinski definition) is 5. The number of carbonyl (C=O) groups is 2. The zero-order valence-corrected chi connectivity index (χ0v) is 16.6. The van der Waals surface area contributed by atoms with Crippen LogP contribution in [0, 0.1) is 5.82 Å². The minimum absolute atomic E-state index is 0.108. The fourth-order valence-corrected chi connectivity index (χ4v) is 3.21. The monoisotopic (exact) mass is 413 g/mol. The lowest BCUT2D eigenvalue weighted by Crippen LogP contribution is -2.33. The maximum atomic E-state index is 13.6. The lowest BCUT2D eigenvalue weighted by Gasteiger charge is -2.06. The van der Waals surface area contributed by atoms with Crippen molar-refractivity contribution in [1.82, 2.24) is 10.3 Å². The van der Waals surface area contributed by atoms with Crippen LogP contribution in [-0.4, -0.2) is 29.9 Å². The van der Waals surface area contributed by atoms with E-state index in [1.165, 1.54) is 29.5 Å². The van der Waals surface area contributed by atoms with Crippen molar-refractivity contribution in [3.8, 4) is 17.0 Å². The number of hydrogen-bond donors (Lipinski definition) is 2. The molecule has 6 nitrogen and oxygen atoms in total. The molecule has 2 amide bonds. The SMILES string of the molecule is CCCOc1ccc(-c2csc(NC(=O)CNC(=O)c3ccccc3F)n2)cc1. The summed E-state index contributed by atoms with van der Waals surface area (Å²) >= 11 is 1.28. The van der Waals surface area contributed by atoms with Crippen LogP contribution in [-0.2, 0) is 4.79 Å². The molecule has 2 N–H and O–H groups in total. The molecular formula is C21H20FN3O3S. The molecule has 150 valence electrons. The summed E-state index contributed by atoms with van der Waals surface area (Å²) in [7, 11) is 0. The molecule has 8 heteroatoms. The number of anilines is 1. The summed E-state index contributed by atoms with van der Waals surface area (Å²) < 4.78 is 19.1. The highest BCUT2D eigenvalue weighted by Gasteiger charge is 2.13. The van der Waals surface area contributed by atoms with Gasteiger partial charge in [0.05, 0.1) is 24.4 Å². The van der Waals surface area contributed by atoms with E-state index in [1.54, 1.807) is 6.07 Å². The van der Waals surface area contributed by atoms with Gasteiger partial charge < -0.3 is 15.4 Å². The highest BCUT2D eigenvalue weighted by atomic mass is 32.1. The van der Waals surface area contributed by atoms with Gasteiger partial charge in [0.25, 0.3) is 5.91 Å². The third-order valence-corrected chi connectivity index (χ3v) is 4.66. The van der Waals surface area contributed by atoms with Gasteiger partial charge in [0.2, 0.25) is 5.91 Å². The summed E-state index contributed by atoms with van der Waals surface area (Å²) in [4.78, 5) is 28.4. The molecule has 0 atom stereocenters. The standard InChI is InChI=1S/C21H20FN3O3S/c1-2-11-28-15-9-7-14(8-10-15)18-13-29-21(24-18)25-19(26)12-23-20(27)16-5-3-4-6-17(16)22/h3-10,13H,2,11-12H2,1H3,(H,23,27)(H,24,25,26). The van der Waals surface area contributed by atoms with Crippen molar-refractivity contribution in [2.24, 2.45) is 0 Å². The first-order valence-corrected chi connectivity index (χ1v) is 9.96. The van der Waals surface area contributed by atoms with E-state index in [0.29, 0.717) is 11.7 Å². The van der Waals surface area contributed by atoms with Gasteiger partial charge in [-0.2, -0.15) is 0 Å². The average Bonchev–Trinajstić information content (AvgIpc) is 3.19. The van der Waals surface area contributed by atoms with Crippen molar-refractivity contribution in [3.05, 3.63) is 65.3 Å². The zero-order chi connectivity index (χ0) is 20.6. The molecule has 0 aliphatic heterocycles. The van der Waals surface area contributed by atoms with Crippen molar-refractivity contribution < 1.29 is 18.7 Å². The van der Waals surface area contributed by atoms with Gasteiger partial charge in [0, 0.05) is 10.9 Å². The van der Waals surface area contributed by atoms with E-state index in [2.05, 4.69) is 15.6 Å². The molecule has 3 rings (SSSR count). The van der Waals surface area contributed by atoms with Crippen molar-refractivity contribution in [2.75, 3.05) is 18.5 Å². The van der Waals surface area contributed by atoms with Crippen LogP contribution < -0.4 is 15.4 Å². The Morgan fingerprint density at radius 2 is 1.90 bits per heavy atom. The predicted octanol–water partition coefficient (Wildman–Crippen LogP) is 4.11. The molecule has 29 heavy (non-hydrogen) atoms. The third-order valence-electron chi connectivity index (χ3n) is 3.90. The van der Waals surface area contributed by atoms with Gasteiger partial charge in [-0.25, -0.2) is 9.37 Å². The van der Waals surface area contributed by atoms with Crippen molar-refractivity contribution in [2.45, 2.75) is 13.3 Å². The molecule has 3 aromatic rings. The van der Waals surface area contributed by atoms with Crippen molar-refractivity contribution in [3.63, 3.8) is 0 Å². The zero-order valence-electron chi connectivity index (χ0n) is 15.8. The van der Waals surface area contributed by atoms with Crippen LogP contribution in [0.3, 0.4) is 0 Å². The first-order valence-electron chi connectivity index (χ1n) is 9.08. The van der Waals surface area contributed by atoms with Gasteiger partial charge in [0.15, 0.2) is 5.13 Å². The number of ether oxygens (including phenoxy) is 1. The molecule has 0 bridgehead atoms. The second kappa shape index (κ2) is 9.79. The van der Waals surface area contributed by atoms with E-state index in [-0.39, 0.29) is 12.1 Å². The van der Waals surface area contributed by atoms with Crippen LogP contribution in [0.4, 0.5) is 9.52 Å². The Kier molecular flexibility index (Phi) is 6.91. The first kappa shape index (κ1) is 20.5. The second-order valence-corrected chi connectivity index (χ2v) is 6.98. The van der Waals surface area contributed by atoms with Gasteiger partial charge >= 0.3 is 0 Å². The van der Waals surface area contributed by atoms with Gasteiger partial charge in [-0.3, -0.25) is 9.59 Å². The van der Waals surface area contributed by atoms with Gasteiger partial charge in [-0.05, 0) is 42.8 Å². The van der Waals surface area contributed by atoms with E-state index < -0.39 is 17.6 Å². The Hall–Kier alpha value is -3.26. The topological polar surface area (TPSA) is 80.3 Å². The molecule has 0 aliphatic carbocycles. The fraction of sp³-hybridized carbons (Fsp3) is 0.190. The van der Waals surface area contributed by atoms with Gasteiger partial charge in [-0.15, -0.1) is 11.3 Å². The normalized spacial score (nSPS) is 10.4. The van der Waals surface area contributed by atoms with Crippen LogP contribution in [0.1, 0.15) is 23.7 Å². The van der Waals surface area contributed by atoms with Crippen LogP contribution in [0.15, 0.2) is 53.9 Å². The molecule has 0 aliphatic rings. The highest BCUT2D eigenvalue weighted by Crippen LogP contribution is 2.26. The van der Waals surface area contributed by atoms with E-state index in [4.69, 9.17) is 4.74 Å². The number of benzene rings is 2. The number of nitrogens with one attached hydrogen (secondary N) is 2. The maximum Gasteiger partial charge on any atom is 0.254 e. The average molecular weight is 413 g/mol. The number of thiazole rings is 1. The molecule has 1 heterocycles. The lowest BCUT2D eigenvalue weighted by molar-refractivity contribution is -0.115. The number of carbonyl (C=O) groups excluding carboxylic acids is 2. The third kappa shape index (κ3) is 5.61. The molecule has 0 saturated heterocycles. The maximum absolute atomic E-state index is 13.6. The van der Waals surface area contributed by atoms with Crippen LogP contribution in [0.25, 0.3) is 11.3 Å². The number of rotatable bonds is 8. The van der Waals surface area contributed by atoms with E-state index in [9.17, 15) is 14.0 Å². The van der Waals surface area contributed by atoms with Crippen LogP contribution in [0.5, 0.6) is 5.75 Å². The highest BCUT2D eigenvalue weighted by molar-refractivity contribution is 7.14. The van der Waals surface area contributed by atoms with Crippen molar-refractivity contribution >= 4 is 28.3 Å². The Balaban J connectivity index is 1.53. The summed E-state index contributed by atoms with van der Waals surface area (Å²) in [6.07, 6.45) is 0.942. The summed E-state index contributed by atoms with van der Waals surface area (Å²) in [5.74, 6) is -0.937. The number of amides is 2. The van der Waals surface area contributed by atoms with E-state index >= 15 is 0 Å². The van der Waals surface area contributed by atoms with Gasteiger partial charge in [-0.1, -0.05) is 19.1 Å². The number of aromatic nitrogens is 1. The predicted molar refractivity (Wildman–Crippen MR) is 111 cm³/mol. The first-order chi connectivity index (χ1) is 14.1. The molecule has 2 aromatic carbocycles. The molecule has 0 saturated carbocycles. The van der Waals surface area contributed by atoms with Gasteiger partial charge in [0.1, 0.15) is 11.6 Å². The summed E-state index contributed by atoms with van der Waals surface area (Å²) in [6.45, 7) is 2.43. The van der Waals surface area contributed by atoms with Crippen LogP contribution >= 0.6 is 11.3 Å². The molecule has 0 fully saturated rings. The quantitative estimate of drug-likeness (QED) is 0.583. The largest absolute Gasteiger partial charge is 0.494 e. The second-order valence-electron chi connectivity index (χ2n) is 6.12. The lowest BCUT2D eigenvalue weighted by atomic mass is 10.2. The van der Waals surface area contributed by atoms with Crippen molar-refractivity contribution in [1.29, 1.82) is 0 Å². The van der Waals surface area contributed by atoms with E-state index in [1.807, 2.05) is 36.6 Å². The summed E-state index contributed by atoms with van der Waals surface area (Å²) in [6, 6.07) is 13.1. The van der Waals surface area contributed by atoms with Crippen LogP contribution in [0.2, 0.25) is 0 Å². The fourth-order valence-electron chi connectivity index (χ4n) is 2.47. The molecule has 0 unspecified atom stereocenters. The smallest absolute Gasteiger partial charge is 0.254 e. The van der Waals surface area contributed by atoms with E-state index in [0.717, 1.165) is 23.4 Å². The Bertz CT molecular complexity index is 989. The Morgan fingerprint density at radius 1 is 1.14 bits per heavy atom. The summed E-state index contributed by atoms with van der Waals surface area (Å²) in [5, 5.41) is 7.26. The molecular weight excluding hydrogens is 393 g/mol. The molecule has 0 radical (unpaired) electrons. The molecule has 1 aromatic heterocycles. The number of nitrogens with zero attached hydrogens (tertiary/aromatic N) is 1.